The Balaban J connectivity index is 1.76. The summed E-state index contributed by atoms with van der Waals surface area (Å²) in [5.41, 5.74) is 1.42. The summed E-state index contributed by atoms with van der Waals surface area (Å²) in [6.45, 7) is 5.97. The largest absolute Gasteiger partial charge is 0.496 e. The zero-order valence-electron chi connectivity index (χ0n) is 19.5. The molecule has 6 nitrogen and oxygen atoms in total. The predicted molar refractivity (Wildman–Crippen MR) is 122 cm³/mol. The molecule has 0 fully saturated rings. The molecule has 2 aromatic carbocycles. The lowest BCUT2D eigenvalue weighted by atomic mass is 9.96. The van der Waals surface area contributed by atoms with Crippen molar-refractivity contribution in [1.29, 1.82) is 0 Å². The van der Waals surface area contributed by atoms with E-state index >= 15 is 0 Å². The highest BCUT2D eigenvalue weighted by Gasteiger charge is 2.34. The van der Waals surface area contributed by atoms with Crippen molar-refractivity contribution in [2.75, 3.05) is 20.2 Å². The van der Waals surface area contributed by atoms with Crippen LogP contribution in [0.3, 0.4) is 0 Å². The molecular weight excluding hydrogens is 447 g/mol. The van der Waals surface area contributed by atoms with E-state index in [4.69, 9.17) is 9.47 Å². The number of carbonyl (C=O) groups excluding carboxylic acids is 1. The highest BCUT2D eigenvalue weighted by molar-refractivity contribution is 5.89. The first-order valence-corrected chi connectivity index (χ1v) is 10.9. The normalized spacial score (nSPS) is 14.8. The van der Waals surface area contributed by atoms with Crippen LogP contribution in [0, 0.1) is 0 Å². The van der Waals surface area contributed by atoms with Crippen molar-refractivity contribution in [1.82, 2.24) is 9.88 Å². The van der Waals surface area contributed by atoms with Gasteiger partial charge in [-0.3, -0.25) is 0 Å². The van der Waals surface area contributed by atoms with Gasteiger partial charge in [0.05, 0.1) is 12.7 Å². The highest BCUT2D eigenvalue weighted by atomic mass is 19.4. The summed E-state index contributed by atoms with van der Waals surface area (Å²) in [4.78, 5) is 20.3. The summed E-state index contributed by atoms with van der Waals surface area (Å²) in [5.74, 6) is 1.13. The quantitative estimate of drug-likeness (QED) is 0.529. The average Bonchev–Trinajstić information content (AvgIpc) is 3.21. The van der Waals surface area contributed by atoms with E-state index in [0.717, 1.165) is 17.7 Å². The van der Waals surface area contributed by atoms with E-state index < -0.39 is 23.4 Å². The SMILES string of the molecule is COc1ccccc1-c1[nH]c2cc(C(F)(F)F)cc(C3=CCN(C(=O)OC(C)(C)C)CC3)c2[nH+]1. The minimum Gasteiger partial charge on any atom is -0.496 e. The molecule has 4 rings (SSSR count). The van der Waals surface area contributed by atoms with E-state index in [1.807, 2.05) is 18.2 Å². The number of nitrogens with zero attached hydrogens (tertiary/aromatic N) is 1. The van der Waals surface area contributed by atoms with Crippen LogP contribution in [0.25, 0.3) is 28.0 Å². The molecule has 0 aliphatic carbocycles. The van der Waals surface area contributed by atoms with Gasteiger partial charge in [0.25, 0.3) is 5.82 Å². The van der Waals surface area contributed by atoms with Crippen LogP contribution in [0.2, 0.25) is 0 Å². The van der Waals surface area contributed by atoms with Crippen LogP contribution in [0.5, 0.6) is 5.75 Å². The fraction of sp³-hybridized carbons (Fsp3) is 0.360. The molecule has 2 heterocycles. The van der Waals surface area contributed by atoms with Gasteiger partial charge in [-0.15, -0.1) is 0 Å². The van der Waals surface area contributed by atoms with Gasteiger partial charge in [-0.05, 0) is 51.0 Å². The number of imidazole rings is 1. The van der Waals surface area contributed by atoms with Crippen molar-refractivity contribution < 1.29 is 32.4 Å². The van der Waals surface area contributed by atoms with Crippen molar-refractivity contribution in [3.05, 3.63) is 53.6 Å². The van der Waals surface area contributed by atoms with Crippen molar-refractivity contribution in [2.24, 2.45) is 0 Å². The molecule has 1 amide bonds. The fourth-order valence-electron chi connectivity index (χ4n) is 3.98. The summed E-state index contributed by atoms with van der Waals surface area (Å²) in [6, 6.07) is 9.52. The van der Waals surface area contributed by atoms with Crippen molar-refractivity contribution in [3.63, 3.8) is 0 Å². The summed E-state index contributed by atoms with van der Waals surface area (Å²) < 4.78 is 51.9. The Morgan fingerprint density at radius 1 is 1.12 bits per heavy atom. The van der Waals surface area contributed by atoms with Crippen LogP contribution >= 0.6 is 0 Å². The molecule has 0 saturated carbocycles. The Labute approximate surface area is 195 Å². The Morgan fingerprint density at radius 3 is 2.47 bits per heavy atom. The van der Waals surface area contributed by atoms with E-state index in [1.165, 1.54) is 7.11 Å². The number of rotatable bonds is 3. The number of fused-ring (bicyclic) bond motifs is 1. The maximum absolute atomic E-state index is 13.7. The molecule has 3 aromatic rings. The number of hydrogen-bond donors (Lipinski definition) is 1. The fourth-order valence-corrected chi connectivity index (χ4v) is 3.98. The Hall–Kier alpha value is -3.49. The highest BCUT2D eigenvalue weighted by Crippen LogP contribution is 2.37. The molecule has 0 atom stereocenters. The zero-order chi connectivity index (χ0) is 24.7. The molecule has 180 valence electrons. The first-order valence-electron chi connectivity index (χ1n) is 10.9. The number of para-hydroxylation sites is 1. The smallest absolute Gasteiger partial charge is 0.416 e. The number of nitrogens with one attached hydrogen (secondary N) is 2. The lowest BCUT2D eigenvalue weighted by molar-refractivity contribution is -0.330. The number of benzene rings is 2. The molecule has 1 aliphatic heterocycles. The van der Waals surface area contributed by atoms with Gasteiger partial charge in [0.1, 0.15) is 16.9 Å². The topological polar surface area (TPSA) is 68.7 Å². The third kappa shape index (κ3) is 4.88. The van der Waals surface area contributed by atoms with E-state index in [9.17, 15) is 18.0 Å². The van der Waals surface area contributed by atoms with Gasteiger partial charge in [-0.1, -0.05) is 18.2 Å². The van der Waals surface area contributed by atoms with E-state index in [-0.39, 0.29) is 6.54 Å². The molecular formula is C25H27F3N3O3+. The van der Waals surface area contributed by atoms with Gasteiger partial charge >= 0.3 is 12.3 Å². The van der Waals surface area contributed by atoms with Crippen LogP contribution in [0.15, 0.2) is 42.5 Å². The number of H-pyrrole nitrogens is 2. The molecule has 34 heavy (non-hydrogen) atoms. The Kier molecular flexibility index (Phi) is 6.05. The molecule has 1 aliphatic rings. The standard InChI is InChI=1S/C25H26F3N3O3/c1-24(2,3)34-23(32)31-11-9-15(10-12-31)18-13-16(25(26,27)28)14-19-21(18)30-22(29-19)17-7-5-6-8-20(17)33-4/h5-9,13-14H,10-12H2,1-4H3,(H,29,30)/p+1. The summed E-state index contributed by atoms with van der Waals surface area (Å²) in [6.07, 6.45) is -2.76. The third-order valence-electron chi connectivity index (χ3n) is 5.56. The number of carbonyl (C=O) groups is 1. The third-order valence-corrected chi connectivity index (χ3v) is 5.56. The molecule has 9 heteroatoms. The molecule has 2 N–H and O–H groups in total. The number of amides is 1. The van der Waals surface area contributed by atoms with Crippen LogP contribution < -0.4 is 9.72 Å². The number of alkyl halides is 3. The van der Waals surface area contributed by atoms with Crippen molar-refractivity contribution in [2.45, 2.75) is 39.0 Å². The summed E-state index contributed by atoms with van der Waals surface area (Å²) in [5, 5.41) is 0. The predicted octanol–water partition coefficient (Wildman–Crippen LogP) is 5.70. The van der Waals surface area contributed by atoms with Gasteiger partial charge in [-0.2, -0.15) is 13.2 Å². The lowest BCUT2D eigenvalue weighted by Gasteiger charge is -2.29. The second-order valence-electron chi connectivity index (χ2n) is 9.18. The molecule has 0 spiro atoms. The first kappa shape index (κ1) is 23.7. The second kappa shape index (κ2) is 8.70. The van der Waals surface area contributed by atoms with E-state index in [0.29, 0.717) is 46.7 Å². The van der Waals surface area contributed by atoms with Crippen LogP contribution in [0.1, 0.15) is 38.3 Å². The molecule has 0 bridgehead atoms. The number of hydrogen-bond acceptors (Lipinski definition) is 3. The van der Waals surface area contributed by atoms with Crippen LogP contribution in [-0.2, 0) is 10.9 Å². The number of halogens is 3. The van der Waals surface area contributed by atoms with Crippen LogP contribution in [0.4, 0.5) is 18.0 Å². The number of aromatic nitrogens is 2. The van der Waals surface area contributed by atoms with Gasteiger partial charge in [0.2, 0.25) is 0 Å². The van der Waals surface area contributed by atoms with Gasteiger partial charge in [0, 0.05) is 24.7 Å². The molecule has 0 unspecified atom stereocenters. The minimum absolute atomic E-state index is 0.256. The van der Waals surface area contributed by atoms with E-state index in [1.54, 1.807) is 37.8 Å². The lowest BCUT2D eigenvalue weighted by Crippen LogP contribution is -2.39. The average molecular weight is 475 g/mol. The number of methoxy groups -OCH3 is 1. The number of ether oxygens (including phenoxy) is 2. The molecule has 1 aromatic heterocycles. The van der Waals surface area contributed by atoms with Crippen LogP contribution in [-0.4, -0.2) is 41.8 Å². The summed E-state index contributed by atoms with van der Waals surface area (Å²) >= 11 is 0. The maximum Gasteiger partial charge on any atom is 0.416 e. The Morgan fingerprint density at radius 2 is 1.85 bits per heavy atom. The van der Waals surface area contributed by atoms with Crippen molar-refractivity contribution in [3.8, 4) is 17.1 Å². The van der Waals surface area contributed by atoms with E-state index in [2.05, 4.69) is 9.97 Å². The zero-order valence-corrected chi connectivity index (χ0v) is 19.5. The Bertz CT molecular complexity index is 1260. The van der Waals surface area contributed by atoms with Crippen molar-refractivity contribution >= 4 is 22.7 Å². The monoisotopic (exact) mass is 474 g/mol. The first-order chi connectivity index (χ1) is 16.0. The van der Waals surface area contributed by atoms with Gasteiger partial charge < -0.3 is 14.4 Å². The molecule has 0 radical (unpaired) electrons. The summed E-state index contributed by atoms with van der Waals surface area (Å²) in [7, 11) is 1.54. The van der Waals surface area contributed by atoms with Gasteiger partial charge in [-0.25, -0.2) is 14.8 Å². The number of aromatic amines is 2. The van der Waals surface area contributed by atoms with Gasteiger partial charge in [0.15, 0.2) is 11.0 Å². The maximum atomic E-state index is 13.7. The minimum atomic E-state index is -4.50. The molecule has 0 saturated heterocycles. The second-order valence-corrected chi connectivity index (χ2v) is 9.18.